The summed E-state index contributed by atoms with van der Waals surface area (Å²) in [6.07, 6.45) is 2.17. The van der Waals surface area contributed by atoms with Crippen LogP contribution in [0.5, 0.6) is 0 Å². The van der Waals surface area contributed by atoms with Crippen LogP contribution in [0.1, 0.15) is 40.0 Å². The topological polar surface area (TPSA) is 45.2 Å². The fraction of sp³-hybridized carbons (Fsp3) is 0.412. The van der Waals surface area contributed by atoms with Crippen LogP contribution in [0.25, 0.3) is 0 Å². The number of carbonyl (C=O) groups excluding carboxylic acids is 1. The lowest BCUT2D eigenvalue weighted by molar-refractivity contribution is 0.0827. The normalized spacial score (nSPS) is 10.5. The molecule has 0 aliphatic carbocycles. The summed E-state index contributed by atoms with van der Waals surface area (Å²) in [5, 5.41) is 6.67. The van der Waals surface area contributed by atoms with Crippen molar-refractivity contribution in [3.8, 4) is 0 Å². The Kier molecular flexibility index (Phi) is 5.55. The Morgan fingerprint density at radius 3 is 2.77 bits per heavy atom. The lowest BCUT2D eigenvalue weighted by Gasteiger charge is -2.13. The minimum Gasteiger partial charge on any atom is -0.379 e. The van der Waals surface area contributed by atoms with E-state index >= 15 is 0 Å². The summed E-state index contributed by atoms with van der Waals surface area (Å²) in [6, 6.07) is 5.84. The van der Waals surface area contributed by atoms with Gasteiger partial charge in [0.25, 0.3) is 5.91 Å². The van der Waals surface area contributed by atoms with Crippen LogP contribution in [-0.2, 0) is 13.0 Å². The molecule has 1 heterocycles. The standard InChI is InChI=1S/C17H23N3OS/c1-5-6-16-19-14(11-22-16)10-18-13-7-8-15(12(2)9-13)17(21)20(3)4/h7-9,11,18H,5-6,10H2,1-4H3. The zero-order valence-corrected chi connectivity index (χ0v) is 14.5. The maximum absolute atomic E-state index is 12.0. The van der Waals surface area contributed by atoms with Crippen molar-refractivity contribution in [3.63, 3.8) is 0 Å². The monoisotopic (exact) mass is 317 g/mol. The summed E-state index contributed by atoms with van der Waals surface area (Å²) in [4.78, 5) is 18.2. The number of carbonyl (C=O) groups is 1. The zero-order valence-electron chi connectivity index (χ0n) is 13.6. The number of aryl methyl sites for hydroxylation is 2. The zero-order chi connectivity index (χ0) is 16.1. The van der Waals surface area contributed by atoms with Crippen LogP contribution in [0.15, 0.2) is 23.6 Å². The Hall–Kier alpha value is -1.88. The van der Waals surface area contributed by atoms with Gasteiger partial charge in [0, 0.05) is 30.7 Å². The average molecular weight is 317 g/mol. The van der Waals surface area contributed by atoms with Crippen LogP contribution in [0.4, 0.5) is 5.69 Å². The van der Waals surface area contributed by atoms with E-state index in [-0.39, 0.29) is 5.91 Å². The molecule has 0 unspecified atom stereocenters. The average Bonchev–Trinajstić information content (AvgIpc) is 2.92. The highest BCUT2D eigenvalue weighted by Gasteiger charge is 2.11. The number of rotatable bonds is 6. The minimum absolute atomic E-state index is 0.0350. The van der Waals surface area contributed by atoms with E-state index in [1.54, 1.807) is 30.3 Å². The Bertz CT molecular complexity index is 649. The van der Waals surface area contributed by atoms with E-state index in [0.717, 1.165) is 35.3 Å². The molecule has 1 amide bonds. The molecule has 2 aromatic rings. The molecule has 0 fully saturated rings. The van der Waals surface area contributed by atoms with Gasteiger partial charge in [-0.25, -0.2) is 4.98 Å². The van der Waals surface area contributed by atoms with E-state index in [1.165, 1.54) is 5.01 Å². The lowest BCUT2D eigenvalue weighted by Crippen LogP contribution is -2.22. The van der Waals surface area contributed by atoms with E-state index < -0.39 is 0 Å². The van der Waals surface area contributed by atoms with E-state index in [2.05, 4.69) is 22.6 Å². The summed E-state index contributed by atoms with van der Waals surface area (Å²) < 4.78 is 0. The van der Waals surface area contributed by atoms with Gasteiger partial charge in [0.2, 0.25) is 0 Å². The maximum Gasteiger partial charge on any atom is 0.253 e. The lowest BCUT2D eigenvalue weighted by atomic mass is 10.1. The number of nitrogens with zero attached hydrogens (tertiary/aromatic N) is 2. The number of thiazole rings is 1. The van der Waals surface area contributed by atoms with Crippen LogP contribution in [0, 0.1) is 6.92 Å². The maximum atomic E-state index is 12.0. The number of benzene rings is 1. The molecule has 0 spiro atoms. The first-order valence-corrected chi connectivity index (χ1v) is 8.38. The molecule has 118 valence electrons. The van der Waals surface area contributed by atoms with Crippen LogP contribution >= 0.6 is 11.3 Å². The molecule has 2 rings (SSSR count). The van der Waals surface area contributed by atoms with Crippen molar-refractivity contribution in [3.05, 3.63) is 45.4 Å². The molecule has 0 radical (unpaired) electrons. The number of aromatic nitrogens is 1. The van der Waals surface area contributed by atoms with E-state index in [1.807, 2.05) is 25.1 Å². The summed E-state index contributed by atoms with van der Waals surface area (Å²) >= 11 is 1.72. The van der Waals surface area contributed by atoms with Crippen LogP contribution in [0.3, 0.4) is 0 Å². The van der Waals surface area contributed by atoms with Crippen molar-refractivity contribution in [2.75, 3.05) is 19.4 Å². The van der Waals surface area contributed by atoms with Crippen LogP contribution in [-0.4, -0.2) is 29.9 Å². The quantitative estimate of drug-likeness (QED) is 0.883. The second-order valence-electron chi connectivity index (χ2n) is 5.57. The molecular formula is C17H23N3OS. The van der Waals surface area contributed by atoms with Crippen LogP contribution < -0.4 is 5.32 Å². The van der Waals surface area contributed by atoms with Gasteiger partial charge in [-0.2, -0.15) is 0 Å². The van der Waals surface area contributed by atoms with Gasteiger partial charge in [-0.1, -0.05) is 6.92 Å². The molecule has 0 saturated heterocycles. The fourth-order valence-electron chi connectivity index (χ4n) is 2.21. The molecule has 0 saturated carbocycles. The van der Waals surface area contributed by atoms with Gasteiger partial charge in [0.15, 0.2) is 0 Å². The molecule has 1 aromatic carbocycles. The fourth-order valence-corrected chi connectivity index (χ4v) is 3.11. The highest BCUT2D eigenvalue weighted by Crippen LogP contribution is 2.18. The largest absolute Gasteiger partial charge is 0.379 e. The number of nitrogens with one attached hydrogen (secondary N) is 1. The first-order chi connectivity index (χ1) is 10.5. The summed E-state index contributed by atoms with van der Waals surface area (Å²) in [5.41, 5.74) is 3.81. The van der Waals surface area contributed by atoms with E-state index in [4.69, 9.17) is 0 Å². The Labute approximate surface area is 136 Å². The third-order valence-electron chi connectivity index (χ3n) is 3.40. The van der Waals surface area contributed by atoms with Gasteiger partial charge in [-0.3, -0.25) is 4.79 Å². The Morgan fingerprint density at radius 1 is 1.36 bits per heavy atom. The number of hydrogen-bond acceptors (Lipinski definition) is 4. The first-order valence-electron chi connectivity index (χ1n) is 7.50. The summed E-state index contributed by atoms with van der Waals surface area (Å²) in [7, 11) is 3.54. The van der Waals surface area contributed by atoms with E-state index in [9.17, 15) is 4.79 Å². The minimum atomic E-state index is 0.0350. The Balaban J connectivity index is 2.01. The predicted octanol–water partition coefficient (Wildman–Crippen LogP) is 3.72. The molecule has 4 nitrogen and oxygen atoms in total. The predicted molar refractivity (Wildman–Crippen MR) is 92.6 cm³/mol. The van der Waals surface area contributed by atoms with Gasteiger partial charge >= 0.3 is 0 Å². The van der Waals surface area contributed by atoms with Gasteiger partial charge in [-0.15, -0.1) is 11.3 Å². The SMILES string of the molecule is CCCc1nc(CNc2ccc(C(=O)N(C)C)c(C)c2)cs1. The molecule has 0 aliphatic rings. The summed E-state index contributed by atoms with van der Waals surface area (Å²) in [6.45, 7) is 4.84. The molecule has 22 heavy (non-hydrogen) atoms. The Morgan fingerprint density at radius 2 is 2.14 bits per heavy atom. The highest BCUT2D eigenvalue weighted by molar-refractivity contribution is 7.09. The van der Waals surface area contributed by atoms with Gasteiger partial charge in [0.1, 0.15) is 0 Å². The number of hydrogen-bond donors (Lipinski definition) is 1. The third-order valence-corrected chi connectivity index (χ3v) is 4.36. The molecule has 1 N–H and O–H groups in total. The van der Waals surface area contributed by atoms with Crippen molar-refractivity contribution in [2.45, 2.75) is 33.2 Å². The smallest absolute Gasteiger partial charge is 0.253 e. The third kappa shape index (κ3) is 4.07. The van der Waals surface area contributed by atoms with Crippen molar-refractivity contribution in [1.82, 2.24) is 9.88 Å². The molecule has 1 aromatic heterocycles. The van der Waals surface area contributed by atoms with Gasteiger partial charge < -0.3 is 10.2 Å². The number of amides is 1. The van der Waals surface area contributed by atoms with Crippen molar-refractivity contribution in [2.24, 2.45) is 0 Å². The van der Waals surface area contributed by atoms with Crippen molar-refractivity contribution >= 4 is 22.9 Å². The first kappa shape index (κ1) is 16.5. The molecule has 5 heteroatoms. The van der Waals surface area contributed by atoms with Gasteiger partial charge in [-0.05, 0) is 43.5 Å². The molecule has 0 aliphatic heterocycles. The molecule has 0 atom stereocenters. The van der Waals surface area contributed by atoms with E-state index in [0.29, 0.717) is 6.54 Å². The van der Waals surface area contributed by atoms with Crippen molar-refractivity contribution < 1.29 is 4.79 Å². The second-order valence-corrected chi connectivity index (χ2v) is 6.51. The molecular weight excluding hydrogens is 294 g/mol. The van der Waals surface area contributed by atoms with Crippen LogP contribution in [0.2, 0.25) is 0 Å². The highest BCUT2D eigenvalue weighted by atomic mass is 32.1. The summed E-state index contributed by atoms with van der Waals surface area (Å²) in [5.74, 6) is 0.0350. The molecule has 0 bridgehead atoms. The van der Waals surface area contributed by atoms with Gasteiger partial charge in [0.05, 0.1) is 17.2 Å². The second kappa shape index (κ2) is 7.40. The van der Waals surface area contributed by atoms with Crippen molar-refractivity contribution in [1.29, 1.82) is 0 Å². The number of anilines is 1.